The van der Waals surface area contributed by atoms with Crippen molar-refractivity contribution in [3.63, 3.8) is 0 Å². The number of thiocarbonyl (C=S) groups is 1. The topological polar surface area (TPSA) is 84.2 Å². The lowest BCUT2D eigenvalue weighted by Crippen LogP contribution is -2.26. The standard InChI is InChI=1S/C10H14ClN3O2S2/c1-13-18(15,16)5-4-14-9-3-2-7(10(12)17)6-8(9)11/h2-3,6,13-14H,4-5H2,1H3,(H2,12,17). The van der Waals surface area contributed by atoms with Crippen molar-refractivity contribution in [2.45, 2.75) is 0 Å². The van der Waals surface area contributed by atoms with E-state index < -0.39 is 10.0 Å². The molecule has 1 aromatic rings. The van der Waals surface area contributed by atoms with E-state index in [1.165, 1.54) is 7.05 Å². The quantitative estimate of drug-likeness (QED) is 0.681. The molecular weight excluding hydrogens is 294 g/mol. The van der Waals surface area contributed by atoms with E-state index in [1.807, 2.05) is 0 Å². The van der Waals surface area contributed by atoms with Crippen LogP contribution < -0.4 is 15.8 Å². The van der Waals surface area contributed by atoms with Gasteiger partial charge in [-0.1, -0.05) is 23.8 Å². The zero-order valence-electron chi connectivity index (χ0n) is 9.73. The summed E-state index contributed by atoms with van der Waals surface area (Å²) in [5.74, 6) is -0.0309. The third kappa shape index (κ3) is 4.41. The predicted octanol–water partition coefficient (Wildman–Crippen LogP) is 0.935. The lowest BCUT2D eigenvalue weighted by atomic mass is 10.2. The van der Waals surface area contributed by atoms with Crippen LogP contribution in [-0.2, 0) is 10.0 Å². The Kier molecular flexibility index (Phi) is 5.33. The highest BCUT2D eigenvalue weighted by Crippen LogP contribution is 2.22. The molecule has 0 saturated carbocycles. The SMILES string of the molecule is CNS(=O)(=O)CCNc1ccc(C(N)=S)cc1Cl. The fourth-order valence-electron chi connectivity index (χ4n) is 1.23. The highest BCUT2D eigenvalue weighted by molar-refractivity contribution is 7.89. The van der Waals surface area contributed by atoms with Crippen LogP contribution in [0.2, 0.25) is 5.02 Å². The van der Waals surface area contributed by atoms with Crippen molar-refractivity contribution in [3.8, 4) is 0 Å². The van der Waals surface area contributed by atoms with Gasteiger partial charge in [-0.05, 0) is 25.2 Å². The number of nitrogens with one attached hydrogen (secondary N) is 2. The minimum absolute atomic E-state index is 0.0309. The number of sulfonamides is 1. The highest BCUT2D eigenvalue weighted by atomic mass is 35.5. The van der Waals surface area contributed by atoms with Crippen LogP contribution in [0.1, 0.15) is 5.56 Å². The Morgan fingerprint density at radius 1 is 1.50 bits per heavy atom. The summed E-state index contributed by atoms with van der Waals surface area (Å²) in [6.07, 6.45) is 0. The Hall–Kier alpha value is -0.890. The summed E-state index contributed by atoms with van der Waals surface area (Å²) in [5, 5.41) is 3.38. The van der Waals surface area contributed by atoms with Crippen molar-refractivity contribution in [1.29, 1.82) is 0 Å². The first-order chi connectivity index (χ1) is 8.35. The van der Waals surface area contributed by atoms with Gasteiger partial charge in [0.25, 0.3) is 0 Å². The summed E-state index contributed by atoms with van der Waals surface area (Å²) in [7, 11) is -1.85. The zero-order chi connectivity index (χ0) is 13.8. The van der Waals surface area contributed by atoms with Crippen LogP contribution in [0.5, 0.6) is 0 Å². The zero-order valence-corrected chi connectivity index (χ0v) is 12.1. The Balaban J connectivity index is 2.67. The van der Waals surface area contributed by atoms with Gasteiger partial charge >= 0.3 is 0 Å². The van der Waals surface area contributed by atoms with E-state index in [-0.39, 0.29) is 17.3 Å². The Labute approximate surface area is 117 Å². The molecule has 1 rings (SSSR count). The Bertz CT molecular complexity index is 546. The summed E-state index contributed by atoms with van der Waals surface area (Å²) >= 11 is 10.8. The molecule has 0 radical (unpaired) electrons. The summed E-state index contributed by atoms with van der Waals surface area (Å²) < 4.78 is 24.6. The maximum absolute atomic E-state index is 11.2. The molecule has 0 spiro atoms. The first-order valence-electron chi connectivity index (χ1n) is 5.10. The molecule has 18 heavy (non-hydrogen) atoms. The van der Waals surface area contributed by atoms with Gasteiger partial charge in [-0.15, -0.1) is 0 Å². The van der Waals surface area contributed by atoms with Crippen LogP contribution in [0.4, 0.5) is 5.69 Å². The fourth-order valence-corrected chi connectivity index (χ4v) is 2.18. The van der Waals surface area contributed by atoms with Gasteiger partial charge in [0.15, 0.2) is 0 Å². The molecule has 0 amide bonds. The predicted molar refractivity (Wildman–Crippen MR) is 78.7 cm³/mol. The van der Waals surface area contributed by atoms with Gasteiger partial charge in [0.05, 0.1) is 16.5 Å². The first-order valence-corrected chi connectivity index (χ1v) is 7.54. The minimum atomic E-state index is -3.22. The second kappa shape index (κ2) is 6.33. The van der Waals surface area contributed by atoms with Crippen molar-refractivity contribution < 1.29 is 8.42 Å². The van der Waals surface area contributed by atoms with Gasteiger partial charge in [-0.3, -0.25) is 0 Å². The number of anilines is 1. The number of hydrogen-bond acceptors (Lipinski definition) is 4. The molecule has 0 aliphatic rings. The van der Waals surface area contributed by atoms with Crippen molar-refractivity contribution in [3.05, 3.63) is 28.8 Å². The van der Waals surface area contributed by atoms with Crippen molar-refractivity contribution in [1.82, 2.24) is 4.72 Å². The summed E-state index contributed by atoms with van der Waals surface area (Å²) in [5.41, 5.74) is 6.78. The van der Waals surface area contributed by atoms with Crippen molar-refractivity contribution in [2.75, 3.05) is 24.7 Å². The van der Waals surface area contributed by atoms with Crippen LogP contribution >= 0.6 is 23.8 Å². The molecule has 4 N–H and O–H groups in total. The number of benzene rings is 1. The van der Waals surface area contributed by atoms with E-state index >= 15 is 0 Å². The van der Waals surface area contributed by atoms with Gasteiger partial charge in [0, 0.05) is 12.1 Å². The largest absolute Gasteiger partial charge is 0.389 e. The molecule has 0 aliphatic carbocycles. The minimum Gasteiger partial charge on any atom is -0.389 e. The molecular formula is C10H14ClN3O2S2. The van der Waals surface area contributed by atoms with E-state index in [4.69, 9.17) is 29.6 Å². The monoisotopic (exact) mass is 307 g/mol. The van der Waals surface area contributed by atoms with E-state index in [2.05, 4.69) is 10.0 Å². The highest BCUT2D eigenvalue weighted by Gasteiger charge is 2.07. The molecule has 100 valence electrons. The second-order valence-electron chi connectivity index (χ2n) is 3.51. The molecule has 0 unspecified atom stereocenters. The van der Waals surface area contributed by atoms with E-state index in [9.17, 15) is 8.42 Å². The van der Waals surface area contributed by atoms with Crippen LogP contribution in [-0.4, -0.2) is 32.8 Å². The lowest BCUT2D eigenvalue weighted by molar-refractivity contribution is 0.588. The van der Waals surface area contributed by atoms with Gasteiger partial charge in [-0.2, -0.15) is 0 Å². The first kappa shape index (κ1) is 15.2. The van der Waals surface area contributed by atoms with Gasteiger partial charge in [-0.25, -0.2) is 13.1 Å². The number of halogens is 1. The van der Waals surface area contributed by atoms with Crippen LogP contribution in [0.25, 0.3) is 0 Å². The van der Waals surface area contributed by atoms with Crippen molar-refractivity contribution >= 4 is 44.5 Å². The number of nitrogens with two attached hydrogens (primary N) is 1. The second-order valence-corrected chi connectivity index (χ2v) is 6.40. The molecule has 0 fully saturated rings. The molecule has 0 aromatic heterocycles. The lowest BCUT2D eigenvalue weighted by Gasteiger charge is -2.09. The molecule has 0 saturated heterocycles. The summed E-state index contributed by atoms with van der Waals surface area (Å²) in [4.78, 5) is 0.265. The van der Waals surface area contributed by atoms with E-state index in [1.54, 1.807) is 18.2 Å². The maximum atomic E-state index is 11.2. The molecule has 8 heteroatoms. The molecule has 0 aliphatic heterocycles. The molecule has 0 atom stereocenters. The average molecular weight is 308 g/mol. The van der Waals surface area contributed by atoms with Crippen LogP contribution in [0.15, 0.2) is 18.2 Å². The molecule has 5 nitrogen and oxygen atoms in total. The summed E-state index contributed by atoms with van der Waals surface area (Å²) in [6.45, 7) is 0.259. The maximum Gasteiger partial charge on any atom is 0.213 e. The third-order valence-electron chi connectivity index (χ3n) is 2.25. The summed E-state index contributed by atoms with van der Waals surface area (Å²) in [6, 6.07) is 5.07. The van der Waals surface area contributed by atoms with Crippen LogP contribution in [0, 0.1) is 0 Å². The Morgan fingerprint density at radius 2 is 2.17 bits per heavy atom. The van der Waals surface area contributed by atoms with Gasteiger partial charge in [0.2, 0.25) is 10.0 Å². The third-order valence-corrected chi connectivity index (χ3v) is 4.16. The van der Waals surface area contributed by atoms with Gasteiger partial charge in [0.1, 0.15) is 4.99 Å². The molecule has 1 aromatic carbocycles. The van der Waals surface area contributed by atoms with E-state index in [0.29, 0.717) is 16.3 Å². The Morgan fingerprint density at radius 3 is 2.67 bits per heavy atom. The van der Waals surface area contributed by atoms with Gasteiger partial charge < -0.3 is 11.1 Å². The van der Waals surface area contributed by atoms with Crippen molar-refractivity contribution in [2.24, 2.45) is 5.73 Å². The molecule has 0 bridgehead atoms. The smallest absolute Gasteiger partial charge is 0.213 e. The van der Waals surface area contributed by atoms with Crippen LogP contribution in [0.3, 0.4) is 0 Å². The fraction of sp³-hybridized carbons (Fsp3) is 0.300. The normalized spacial score (nSPS) is 11.2. The molecule has 0 heterocycles. The van der Waals surface area contributed by atoms with E-state index in [0.717, 1.165) is 0 Å². The number of hydrogen-bond donors (Lipinski definition) is 3. The number of rotatable bonds is 6. The average Bonchev–Trinajstić information content (AvgIpc) is 2.31.